The van der Waals surface area contributed by atoms with Crippen LogP contribution in [0.5, 0.6) is 5.75 Å². The van der Waals surface area contributed by atoms with Crippen molar-refractivity contribution in [3.63, 3.8) is 0 Å². The molecule has 2 N–H and O–H groups in total. The molecule has 0 amide bonds. The molecule has 0 aromatic heterocycles. The fourth-order valence-corrected chi connectivity index (χ4v) is 2.18. The van der Waals surface area contributed by atoms with Crippen LogP contribution in [-0.4, -0.2) is 13.2 Å². The summed E-state index contributed by atoms with van der Waals surface area (Å²) in [5.41, 5.74) is 10.3. The zero-order valence-electron chi connectivity index (χ0n) is 13.3. The van der Waals surface area contributed by atoms with Gasteiger partial charge in [0.2, 0.25) is 0 Å². The van der Waals surface area contributed by atoms with E-state index in [0.717, 1.165) is 18.0 Å². The molecule has 0 atom stereocenters. The Hall–Kier alpha value is -2.16. The van der Waals surface area contributed by atoms with E-state index in [2.05, 4.69) is 43.1 Å². The highest BCUT2D eigenvalue weighted by Gasteiger charge is 2.08. The zero-order chi connectivity index (χ0) is 15.4. The summed E-state index contributed by atoms with van der Waals surface area (Å²) >= 11 is 0. The first-order valence-electron chi connectivity index (χ1n) is 7.28. The van der Waals surface area contributed by atoms with Crippen molar-refractivity contribution in [2.75, 3.05) is 17.7 Å². The number of benzene rings is 2. The van der Waals surface area contributed by atoms with Crippen molar-refractivity contribution in [1.82, 2.24) is 0 Å². The summed E-state index contributed by atoms with van der Waals surface area (Å²) in [6, 6.07) is 14.5. The van der Waals surface area contributed by atoms with Crippen LogP contribution in [0.25, 0.3) is 0 Å². The summed E-state index contributed by atoms with van der Waals surface area (Å²) in [6.45, 7) is 6.96. The lowest BCUT2D eigenvalue weighted by molar-refractivity contribution is 0.244. The van der Waals surface area contributed by atoms with E-state index in [-0.39, 0.29) is 6.10 Å². The van der Waals surface area contributed by atoms with E-state index in [0.29, 0.717) is 5.69 Å². The number of nitrogens with zero attached hydrogens (tertiary/aromatic N) is 1. The van der Waals surface area contributed by atoms with Crippen molar-refractivity contribution < 1.29 is 4.74 Å². The molecule has 112 valence electrons. The van der Waals surface area contributed by atoms with E-state index in [1.165, 1.54) is 11.1 Å². The SMILES string of the molecule is Cc1ccc(CN(C)c2ccc(N)c(OC(C)C)c2)cc1. The highest BCUT2D eigenvalue weighted by molar-refractivity contribution is 5.62. The van der Waals surface area contributed by atoms with Crippen molar-refractivity contribution >= 4 is 11.4 Å². The number of hydrogen-bond donors (Lipinski definition) is 1. The zero-order valence-corrected chi connectivity index (χ0v) is 13.3. The van der Waals surface area contributed by atoms with Crippen molar-refractivity contribution in [3.8, 4) is 5.75 Å². The number of nitrogen functional groups attached to an aromatic ring is 1. The number of ether oxygens (including phenoxy) is 1. The first-order valence-corrected chi connectivity index (χ1v) is 7.28. The van der Waals surface area contributed by atoms with Crippen molar-refractivity contribution in [2.24, 2.45) is 0 Å². The van der Waals surface area contributed by atoms with Crippen LogP contribution in [0.3, 0.4) is 0 Å². The largest absolute Gasteiger partial charge is 0.489 e. The Labute approximate surface area is 127 Å². The second-order valence-corrected chi connectivity index (χ2v) is 5.73. The van der Waals surface area contributed by atoms with E-state index >= 15 is 0 Å². The predicted octanol–water partition coefficient (Wildman–Crippen LogP) is 4.00. The quantitative estimate of drug-likeness (QED) is 0.843. The van der Waals surface area contributed by atoms with Crippen LogP contribution < -0.4 is 15.4 Å². The molecule has 0 saturated carbocycles. The van der Waals surface area contributed by atoms with E-state index in [9.17, 15) is 0 Å². The molecule has 3 heteroatoms. The molecule has 0 aliphatic carbocycles. The maximum absolute atomic E-state index is 5.96. The van der Waals surface area contributed by atoms with Crippen LogP contribution in [0.15, 0.2) is 42.5 Å². The van der Waals surface area contributed by atoms with Gasteiger partial charge in [0, 0.05) is 25.3 Å². The van der Waals surface area contributed by atoms with Crippen molar-refractivity contribution in [3.05, 3.63) is 53.6 Å². The van der Waals surface area contributed by atoms with Gasteiger partial charge in [-0.3, -0.25) is 0 Å². The second-order valence-electron chi connectivity index (χ2n) is 5.73. The highest BCUT2D eigenvalue weighted by atomic mass is 16.5. The molecule has 0 radical (unpaired) electrons. The van der Waals surface area contributed by atoms with Crippen LogP contribution in [0.1, 0.15) is 25.0 Å². The van der Waals surface area contributed by atoms with Crippen molar-refractivity contribution in [1.29, 1.82) is 0 Å². The summed E-state index contributed by atoms with van der Waals surface area (Å²) in [5, 5.41) is 0. The number of anilines is 2. The van der Waals surface area contributed by atoms with Crippen LogP contribution in [-0.2, 0) is 6.54 Å². The van der Waals surface area contributed by atoms with Gasteiger partial charge in [0.15, 0.2) is 0 Å². The number of rotatable bonds is 5. The molecule has 0 unspecified atom stereocenters. The third-order valence-corrected chi connectivity index (χ3v) is 3.34. The normalized spacial score (nSPS) is 10.7. The second kappa shape index (κ2) is 6.53. The minimum absolute atomic E-state index is 0.116. The Morgan fingerprint density at radius 2 is 1.76 bits per heavy atom. The molecule has 2 rings (SSSR count). The van der Waals surface area contributed by atoms with Crippen molar-refractivity contribution in [2.45, 2.75) is 33.4 Å². The monoisotopic (exact) mass is 284 g/mol. The molecule has 2 aromatic rings. The molecule has 2 aromatic carbocycles. The average Bonchev–Trinajstić information content (AvgIpc) is 2.43. The van der Waals surface area contributed by atoms with E-state index in [4.69, 9.17) is 10.5 Å². The number of nitrogens with two attached hydrogens (primary N) is 1. The van der Waals surface area contributed by atoms with Gasteiger partial charge in [0.25, 0.3) is 0 Å². The summed E-state index contributed by atoms with van der Waals surface area (Å²) in [6.07, 6.45) is 0.116. The Balaban J connectivity index is 2.15. The van der Waals surface area contributed by atoms with Gasteiger partial charge >= 0.3 is 0 Å². The molecule has 0 aliphatic rings. The lowest BCUT2D eigenvalue weighted by Crippen LogP contribution is -2.17. The summed E-state index contributed by atoms with van der Waals surface area (Å²) in [5.74, 6) is 0.748. The van der Waals surface area contributed by atoms with Gasteiger partial charge < -0.3 is 15.4 Å². The van der Waals surface area contributed by atoms with Crippen LogP contribution >= 0.6 is 0 Å². The Bertz CT molecular complexity index is 591. The van der Waals surface area contributed by atoms with Gasteiger partial charge in [-0.1, -0.05) is 29.8 Å². The van der Waals surface area contributed by atoms with Gasteiger partial charge in [-0.05, 0) is 38.5 Å². The number of hydrogen-bond acceptors (Lipinski definition) is 3. The molecule has 0 fully saturated rings. The number of aryl methyl sites for hydroxylation is 1. The maximum Gasteiger partial charge on any atom is 0.144 e. The third-order valence-electron chi connectivity index (χ3n) is 3.34. The molecule has 21 heavy (non-hydrogen) atoms. The predicted molar refractivity (Wildman–Crippen MR) is 89.9 cm³/mol. The molecule has 0 bridgehead atoms. The van der Waals surface area contributed by atoms with Gasteiger partial charge in [-0.2, -0.15) is 0 Å². The lowest BCUT2D eigenvalue weighted by atomic mass is 10.1. The summed E-state index contributed by atoms with van der Waals surface area (Å²) in [7, 11) is 2.07. The molecule has 0 aliphatic heterocycles. The standard InChI is InChI=1S/C18H24N2O/c1-13(2)21-18-11-16(9-10-17(18)19)20(4)12-15-7-5-14(3)6-8-15/h5-11,13H,12,19H2,1-4H3. The summed E-state index contributed by atoms with van der Waals surface area (Å²) < 4.78 is 5.75. The molecule has 0 saturated heterocycles. The first-order chi connectivity index (χ1) is 9.95. The van der Waals surface area contributed by atoms with Gasteiger partial charge in [-0.25, -0.2) is 0 Å². The third kappa shape index (κ3) is 4.15. The first kappa shape index (κ1) is 15.2. The Morgan fingerprint density at radius 1 is 1.10 bits per heavy atom. The van der Waals surface area contributed by atoms with E-state index in [1.807, 2.05) is 32.0 Å². The van der Waals surface area contributed by atoms with E-state index < -0.39 is 0 Å². The lowest BCUT2D eigenvalue weighted by Gasteiger charge is -2.21. The van der Waals surface area contributed by atoms with Gasteiger partial charge in [0.05, 0.1) is 11.8 Å². The summed E-state index contributed by atoms with van der Waals surface area (Å²) in [4.78, 5) is 2.19. The molecule has 0 heterocycles. The van der Waals surface area contributed by atoms with Crippen LogP contribution in [0, 0.1) is 6.92 Å². The van der Waals surface area contributed by atoms with Gasteiger partial charge in [-0.15, -0.1) is 0 Å². The fourth-order valence-electron chi connectivity index (χ4n) is 2.18. The minimum atomic E-state index is 0.116. The molecule has 3 nitrogen and oxygen atoms in total. The van der Waals surface area contributed by atoms with Crippen LogP contribution in [0.2, 0.25) is 0 Å². The fraction of sp³-hybridized carbons (Fsp3) is 0.333. The Morgan fingerprint density at radius 3 is 2.38 bits per heavy atom. The van der Waals surface area contributed by atoms with E-state index in [1.54, 1.807) is 0 Å². The average molecular weight is 284 g/mol. The molecule has 0 spiro atoms. The Kier molecular flexibility index (Phi) is 4.73. The topological polar surface area (TPSA) is 38.5 Å². The smallest absolute Gasteiger partial charge is 0.144 e. The van der Waals surface area contributed by atoms with Gasteiger partial charge in [0.1, 0.15) is 5.75 Å². The molecular formula is C18H24N2O. The minimum Gasteiger partial charge on any atom is -0.489 e. The van der Waals surface area contributed by atoms with Crippen LogP contribution in [0.4, 0.5) is 11.4 Å². The highest BCUT2D eigenvalue weighted by Crippen LogP contribution is 2.28. The maximum atomic E-state index is 5.96. The molecular weight excluding hydrogens is 260 g/mol.